The summed E-state index contributed by atoms with van der Waals surface area (Å²) in [6.45, 7) is 3.76. The van der Waals surface area contributed by atoms with E-state index in [1.807, 2.05) is 11.8 Å². The van der Waals surface area contributed by atoms with Gasteiger partial charge >= 0.3 is 5.97 Å². The number of hydrogen-bond acceptors (Lipinski definition) is 5. The first kappa shape index (κ1) is 16.7. The zero-order chi connectivity index (χ0) is 15.5. The summed E-state index contributed by atoms with van der Waals surface area (Å²) in [6, 6.07) is 0.0961. The van der Waals surface area contributed by atoms with Crippen LogP contribution in [0.15, 0.2) is 0 Å². The van der Waals surface area contributed by atoms with Crippen molar-refractivity contribution >= 4 is 16.0 Å². The minimum Gasteiger partial charge on any atom is -0.480 e. The van der Waals surface area contributed by atoms with Crippen LogP contribution < -0.4 is 4.72 Å². The Balaban J connectivity index is 1.74. The number of sulfonamides is 1. The van der Waals surface area contributed by atoms with Crippen molar-refractivity contribution < 1.29 is 23.1 Å². The molecule has 21 heavy (non-hydrogen) atoms. The van der Waals surface area contributed by atoms with Crippen molar-refractivity contribution in [3.05, 3.63) is 0 Å². The van der Waals surface area contributed by atoms with Gasteiger partial charge in [-0.15, -0.1) is 0 Å². The van der Waals surface area contributed by atoms with Crippen LogP contribution in [0.25, 0.3) is 0 Å². The fraction of sp³-hybridized carbons (Fsp3) is 0.923. The van der Waals surface area contributed by atoms with Crippen molar-refractivity contribution in [2.24, 2.45) is 5.92 Å². The number of aliphatic carboxylic acids is 1. The zero-order valence-electron chi connectivity index (χ0n) is 12.3. The monoisotopic (exact) mass is 320 g/mol. The molecule has 0 radical (unpaired) electrons. The van der Waals surface area contributed by atoms with E-state index in [2.05, 4.69) is 4.72 Å². The summed E-state index contributed by atoms with van der Waals surface area (Å²) in [5.41, 5.74) is 0. The van der Waals surface area contributed by atoms with Crippen LogP contribution in [0.3, 0.4) is 0 Å². The van der Waals surface area contributed by atoms with Crippen molar-refractivity contribution in [2.75, 3.05) is 32.1 Å². The maximum absolute atomic E-state index is 12.0. The average Bonchev–Trinajstić information content (AvgIpc) is 2.82. The third kappa shape index (κ3) is 4.91. The highest BCUT2D eigenvalue weighted by Gasteiger charge is 2.36. The lowest BCUT2D eigenvalue weighted by Crippen LogP contribution is -2.55. The first-order chi connectivity index (χ1) is 9.89. The molecular formula is C13H24N2O5S. The number of carbonyl (C=O) groups is 1. The Morgan fingerprint density at radius 3 is 2.67 bits per heavy atom. The minimum atomic E-state index is -3.27. The molecule has 1 atom stereocenters. The highest BCUT2D eigenvalue weighted by molar-refractivity contribution is 7.89. The van der Waals surface area contributed by atoms with Crippen LogP contribution in [-0.2, 0) is 19.6 Å². The second kappa shape index (κ2) is 7.04. The Morgan fingerprint density at radius 2 is 2.14 bits per heavy atom. The molecule has 1 heterocycles. The van der Waals surface area contributed by atoms with E-state index in [0.29, 0.717) is 32.6 Å². The molecule has 2 rings (SSSR count). The predicted molar refractivity (Wildman–Crippen MR) is 77.5 cm³/mol. The van der Waals surface area contributed by atoms with E-state index in [0.717, 1.165) is 6.42 Å². The lowest BCUT2D eigenvalue weighted by molar-refractivity contribution is -0.139. The molecule has 7 nitrogen and oxygen atoms in total. The van der Waals surface area contributed by atoms with Gasteiger partial charge in [0.1, 0.15) is 0 Å². The quantitative estimate of drug-likeness (QED) is 0.647. The highest BCUT2D eigenvalue weighted by Crippen LogP contribution is 2.26. The lowest BCUT2D eigenvalue weighted by atomic mass is 9.86. The molecule has 8 heteroatoms. The molecule has 1 unspecified atom stereocenters. The molecule has 122 valence electrons. The summed E-state index contributed by atoms with van der Waals surface area (Å²) in [5.74, 6) is -0.625. The molecule has 1 saturated carbocycles. The van der Waals surface area contributed by atoms with Crippen LogP contribution in [0.4, 0.5) is 0 Å². The summed E-state index contributed by atoms with van der Waals surface area (Å²) >= 11 is 0. The van der Waals surface area contributed by atoms with Gasteiger partial charge in [-0.25, -0.2) is 13.1 Å². The van der Waals surface area contributed by atoms with Crippen molar-refractivity contribution in [3.63, 3.8) is 0 Å². The number of nitrogens with one attached hydrogen (secondary N) is 1. The fourth-order valence-corrected chi connectivity index (χ4v) is 4.66. The molecular weight excluding hydrogens is 296 g/mol. The summed E-state index contributed by atoms with van der Waals surface area (Å²) in [5, 5.41) is 8.83. The molecule has 0 amide bonds. The van der Waals surface area contributed by atoms with E-state index in [4.69, 9.17) is 9.84 Å². The van der Waals surface area contributed by atoms with Crippen LogP contribution in [0, 0.1) is 5.92 Å². The predicted octanol–water partition coefficient (Wildman–Crippen LogP) is -0.120. The standard InChI is InChI=1S/C13H24N2O5S/c1-2-15(7-13(16)17)12-5-11(6-12)14-21(18,19)9-10-3-4-20-8-10/h10-12,14H,2-9H2,1H3,(H,16,17). The van der Waals surface area contributed by atoms with Crippen LogP contribution in [0.1, 0.15) is 26.2 Å². The van der Waals surface area contributed by atoms with Gasteiger partial charge in [0.15, 0.2) is 0 Å². The number of carboxylic acids is 1. The third-order valence-corrected chi connectivity index (χ3v) is 5.80. The Morgan fingerprint density at radius 1 is 1.43 bits per heavy atom. The molecule has 0 aromatic carbocycles. The molecule has 2 N–H and O–H groups in total. The number of nitrogens with zero attached hydrogens (tertiary/aromatic N) is 1. The normalized spacial score (nSPS) is 29.5. The number of likely N-dealkylation sites (N-methyl/N-ethyl adjacent to an activating group) is 1. The Kier molecular flexibility index (Phi) is 5.59. The van der Waals surface area contributed by atoms with E-state index in [1.165, 1.54) is 0 Å². The third-order valence-electron chi connectivity index (χ3n) is 4.20. The molecule has 0 aromatic rings. The average molecular weight is 320 g/mol. The number of ether oxygens (including phenoxy) is 1. The number of carboxylic acid groups (broad SMARTS) is 1. The van der Waals surface area contributed by atoms with Gasteiger partial charge < -0.3 is 9.84 Å². The summed E-state index contributed by atoms with van der Waals surface area (Å²) in [6.07, 6.45) is 2.17. The zero-order valence-corrected chi connectivity index (χ0v) is 13.1. The van der Waals surface area contributed by atoms with Gasteiger partial charge in [-0.1, -0.05) is 6.92 Å². The molecule has 1 aliphatic heterocycles. The second-order valence-corrected chi connectivity index (χ2v) is 7.71. The van der Waals surface area contributed by atoms with Crippen molar-refractivity contribution in [2.45, 2.75) is 38.3 Å². The van der Waals surface area contributed by atoms with Gasteiger partial charge in [0.25, 0.3) is 0 Å². The molecule has 1 aliphatic carbocycles. The molecule has 1 saturated heterocycles. The van der Waals surface area contributed by atoms with Crippen LogP contribution >= 0.6 is 0 Å². The Labute approximate surface area is 125 Å². The molecule has 0 aromatic heterocycles. The lowest BCUT2D eigenvalue weighted by Gasteiger charge is -2.42. The van der Waals surface area contributed by atoms with E-state index in [9.17, 15) is 13.2 Å². The largest absolute Gasteiger partial charge is 0.480 e. The number of hydrogen-bond donors (Lipinski definition) is 2. The molecule has 2 aliphatic rings. The number of rotatable bonds is 8. The van der Waals surface area contributed by atoms with E-state index >= 15 is 0 Å². The molecule has 0 spiro atoms. The van der Waals surface area contributed by atoms with E-state index in [-0.39, 0.29) is 30.3 Å². The van der Waals surface area contributed by atoms with Gasteiger partial charge in [0, 0.05) is 18.7 Å². The van der Waals surface area contributed by atoms with Crippen molar-refractivity contribution in [1.29, 1.82) is 0 Å². The van der Waals surface area contributed by atoms with Crippen LogP contribution in [0.5, 0.6) is 0 Å². The van der Waals surface area contributed by atoms with Gasteiger partial charge in [0.05, 0.1) is 18.9 Å². The smallest absolute Gasteiger partial charge is 0.317 e. The van der Waals surface area contributed by atoms with Gasteiger partial charge in [-0.2, -0.15) is 0 Å². The van der Waals surface area contributed by atoms with E-state index in [1.54, 1.807) is 0 Å². The van der Waals surface area contributed by atoms with Gasteiger partial charge in [-0.3, -0.25) is 9.69 Å². The van der Waals surface area contributed by atoms with Crippen LogP contribution in [0.2, 0.25) is 0 Å². The SMILES string of the molecule is CCN(CC(=O)O)C1CC(NS(=O)(=O)CC2CCOC2)C1. The summed E-state index contributed by atoms with van der Waals surface area (Å²) in [4.78, 5) is 12.6. The second-order valence-electron chi connectivity index (χ2n) is 5.91. The van der Waals surface area contributed by atoms with Crippen LogP contribution in [-0.4, -0.2) is 68.5 Å². The maximum atomic E-state index is 12.0. The van der Waals surface area contributed by atoms with Crippen molar-refractivity contribution in [3.8, 4) is 0 Å². The van der Waals surface area contributed by atoms with Gasteiger partial charge in [-0.05, 0) is 31.7 Å². The van der Waals surface area contributed by atoms with Crippen molar-refractivity contribution in [1.82, 2.24) is 9.62 Å². The van der Waals surface area contributed by atoms with E-state index < -0.39 is 16.0 Å². The minimum absolute atomic E-state index is 0.0139. The first-order valence-corrected chi connectivity index (χ1v) is 9.08. The van der Waals surface area contributed by atoms with Gasteiger partial charge in [0.2, 0.25) is 10.0 Å². The summed E-state index contributed by atoms with van der Waals surface area (Å²) in [7, 11) is -3.27. The highest BCUT2D eigenvalue weighted by atomic mass is 32.2. The maximum Gasteiger partial charge on any atom is 0.317 e. The topological polar surface area (TPSA) is 95.9 Å². The summed E-state index contributed by atoms with van der Waals surface area (Å²) < 4.78 is 32.0. The fourth-order valence-electron chi connectivity index (χ4n) is 2.98. The Hall–Kier alpha value is -0.700. The molecule has 0 bridgehead atoms. The molecule has 2 fully saturated rings. The first-order valence-electron chi connectivity index (χ1n) is 7.43. The Bertz CT molecular complexity index is 455.